The lowest BCUT2D eigenvalue weighted by atomic mass is 9.50. The number of nitrogens with one attached hydrogen (secondary N) is 1. The Morgan fingerprint density at radius 1 is 1.48 bits per heavy atom. The molecule has 2 heterocycles. The number of aromatic nitrogens is 2. The van der Waals surface area contributed by atoms with Crippen LogP contribution in [0.5, 0.6) is 0 Å². The molecule has 1 amide bonds. The van der Waals surface area contributed by atoms with Crippen molar-refractivity contribution in [1.82, 2.24) is 20.0 Å². The van der Waals surface area contributed by atoms with Gasteiger partial charge in [0.05, 0.1) is 12.1 Å². The molecule has 3 unspecified atom stereocenters. The maximum Gasteiger partial charge on any atom is 0.274 e. The van der Waals surface area contributed by atoms with Crippen molar-refractivity contribution in [3.63, 3.8) is 0 Å². The minimum Gasteiger partial charge on any atom is -0.378 e. The number of rotatable bonds is 5. The fourth-order valence-electron chi connectivity index (χ4n) is 4.98. The van der Waals surface area contributed by atoms with E-state index in [1.807, 2.05) is 28.9 Å². The second kappa shape index (κ2) is 6.72. The summed E-state index contributed by atoms with van der Waals surface area (Å²) in [6.45, 7) is 4.84. The molecule has 1 aromatic heterocycles. The Morgan fingerprint density at radius 3 is 2.96 bits per heavy atom. The summed E-state index contributed by atoms with van der Waals surface area (Å²) >= 11 is 0. The summed E-state index contributed by atoms with van der Waals surface area (Å²) in [4.78, 5) is 14.9. The average molecular weight is 346 g/mol. The van der Waals surface area contributed by atoms with Crippen LogP contribution >= 0.6 is 0 Å². The van der Waals surface area contributed by atoms with E-state index in [1.165, 1.54) is 19.3 Å². The molecule has 4 rings (SSSR count). The molecular formula is C19H30N4O2. The molecular weight excluding hydrogens is 316 g/mol. The van der Waals surface area contributed by atoms with E-state index in [2.05, 4.69) is 17.3 Å². The first-order valence-electron chi connectivity index (χ1n) is 9.80. The molecule has 3 fully saturated rings. The highest BCUT2D eigenvalue weighted by atomic mass is 16.5. The first-order chi connectivity index (χ1) is 12.2. The van der Waals surface area contributed by atoms with Crippen molar-refractivity contribution in [1.29, 1.82) is 0 Å². The summed E-state index contributed by atoms with van der Waals surface area (Å²) in [5.74, 6) is 0.0498. The van der Waals surface area contributed by atoms with E-state index in [0.29, 0.717) is 23.9 Å². The number of hydrogen-bond donors (Lipinski definition) is 1. The number of amides is 1. The van der Waals surface area contributed by atoms with E-state index in [9.17, 15) is 4.79 Å². The molecule has 1 spiro atoms. The zero-order valence-electron chi connectivity index (χ0n) is 15.4. The number of hydrogen-bond acceptors (Lipinski definition) is 4. The largest absolute Gasteiger partial charge is 0.378 e. The first kappa shape index (κ1) is 17.0. The number of nitrogens with zero attached hydrogens (tertiary/aromatic N) is 3. The summed E-state index contributed by atoms with van der Waals surface area (Å²) < 4.78 is 7.89. The summed E-state index contributed by atoms with van der Waals surface area (Å²) in [5, 5.41) is 8.00. The standard InChI is InChI=1S/C19H30N4O2/c1-3-25-17-12-16(19(17)8-5-9-19)22(2)18(24)15-7-11-23(21-15)14-6-4-10-20-13-14/h7,11,14,16-17,20H,3-6,8-10,12-13H2,1-2H3. The molecule has 25 heavy (non-hydrogen) atoms. The Hall–Kier alpha value is -1.40. The Kier molecular flexibility index (Phi) is 4.58. The molecule has 0 radical (unpaired) electrons. The number of ether oxygens (including phenoxy) is 1. The average Bonchev–Trinajstić information content (AvgIpc) is 3.06. The van der Waals surface area contributed by atoms with Crippen LogP contribution in [-0.2, 0) is 4.74 Å². The minimum atomic E-state index is 0.0498. The van der Waals surface area contributed by atoms with Crippen molar-refractivity contribution < 1.29 is 9.53 Å². The molecule has 3 atom stereocenters. The highest BCUT2D eigenvalue weighted by Gasteiger charge is 2.61. The Labute approximate surface area is 149 Å². The van der Waals surface area contributed by atoms with Crippen LogP contribution in [0.4, 0.5) is 0 Å². The van der Waals surface area contributed by atoms with Crippen LogP contribution in [0.3, 0.4) is 0 Å². The van der Waals surface area contributed by atoms with Crippen molar-refractivity contribution >= 4 is 5.91 Å². The second-order valence-corrected chi connectivity index (χ2v) is 7.88. The van der Waals surface area contributed by atoms with Crippen LogP contribution in [0.1, 0.15) is 62.0 Å². The van der Waals surface area contributed by atoms with Crippen molar-refractivity contribution in [2.24, 2.45) is 5.41 Å². The summed E-state index contributed by atoms with van der Waals surface area (Å²) in [6.07, 6.45) is 9.16. The Morgan fingerprint density at radius 2 is 2.32 bits per heavy atom. The SMILES string of the molecule is CCOC1CC(N(C)C(=O)c2ccn(C3CCCNC3)n2)C12CCC2. The molecule has 3 aliphatic rings. The zero-order chi connectivity index (χ0) is 17.4. The van der Waals surface area contributed by atoms with Gasteiger partial charge in [-0.05, 0) is 51.6 Å². The third-order valence-corrected chi connectivity index (χ3v) is 6.65. The zero-order valence-corrected chi connectivity index (χ0v) is 15.4. The van der Waals surface area contributed by atoms with Crippen LogP contribution in [0.15, 0.2) is 12.3 Å². The van der Waals surface area contributed by atoms with Gasteiger partial charge in [0.2, 0.25) is 0 Å². The van der Waals surface area contributed by atoms with Gasteiger partial charge in [-0.25, -0.2) is 0 Å². The molecule has 1 aliphatic heterocycles. The highest BCUT2D eigenvalue weighted by molar-refractivity contribution is 5.92. The maximum atomic E-state index is 13.0. The van der Waals surface area contributed by atoms with Crippen molar-refractivity contribution in [3.8, 4) is 0 Å². The van der Waals surface area contributed by atoms with Crippen LogP contribution < -0.4 is 5.32 Å². The predicted octanol–water partition coefficient (Wildman–Crippen LogP) is 2.23. The van der Waals surface area contributed by atoms with E-state index in [0.717, 1.165) is 39.0 Å². The maximum absolute atomic E-state index is 13.0. The van der Waals surface area contributed by atoms with Crippen molar-refractivity contribution in [3.05, 3.63) is 18.0 Å². The van der Waals surface area contributed by atoms with Gasteiger partial charge in [-0.3, -0.25) is 9.48 Å². The topological polar surface area (TPSA) is 59.4 Å². The molecule has 1 N–H and O–H groups in total. The third kappa shape index (κ3) is 2.79. The van der Waals surface area contributed by atoms with Crippen molar-refractivity contribution in [2.75, 3.05) is 26.7 Å². The molecule has 6 heteroatoms. The minimum absolute atomic E-state index is 0.0498. The molecule has 6 nitrogen and oxygen atoms in total. The first-order valence-corrected chi connectivity index (χ1v) is 9.80. The molecule has 0 aromatic carbocycles. The third-order valence-electron chi connectivity index (χ3n) is 6.65. The van der Waals surface area contributed by atoms with Crippen LogP contribution in [0, 0.1) is 5.41 Å². The summed E-state index contributed by atoms with van der Waals surface area (Å²) in [7, 11) is 1.94. The molecule has 2 saturated carbocycles. The van der Waals surface area contributed by atoms with E-state index >= 15 is 0 Å². The lowest BCUT2D eigenvalue weighted by molar-refractivity contribution is -0.192. The quantitative estimate of drug-likeness (QED) is 0.888. The second-order valence-electron chi connectivity index (χ2n) is 7.88. The van der Waals surface area contributed by atoms with Gasteiger partial charge in [-0.15, -0.1) is 0 Å². The molecule has 1 aromatic rings. The van der Waals surface area contributed by atoms with Gasteiger partial charge < -0.3 is 15.0 Å². The number of carbonyl (C=O) groups excluding carboxylic acids is 1. The smallest absolute Gasteiger partial charge is 0.274 e. The van der Waals surface area contributed by atoms with Crippen LogP contribution in [0.2, 0.25) is 0 Å². The van der Waals surface area contributed by atoms with Gasteiger partial charge >= 0.3 is 0 Å². The fourth-order valence-corrected chi connectivity index (χ4v) is 4.98. The van der Waals surface area contributed by atoms with Gasteiger partial charge in [0.15, 0.2) is 0 Å². The Bertz CT molecular complexity index is 619. The fraction of sp³-hybridized carbons (Fsp3) is 0.789. The van der Waals surface area contributed by atoms with Gasteiger partial charge in [-0.2, -0.15) is 5.10 Å². The highest BCUT2D eigenvalue weighted by Crippen LogP contribution is 2.59. The van der Waals surface area contributed by atoms with E-state index in [-0.39, 0.29) is 11.3 Å². The number of carbonyl (C=O) groups is 1. The van der Waals surface area contributed by atoms with E-state index in [4.69, 9.17) is 4.74 Å². The molecule has 0 bridgehead atoms. The lowest BCUT2D eigenvalue weighted by Crippen LogP contribution is -2.67. The predicted molar refractivity (Wildman–Crippen MR) is 95.6 cm³/mol. The van der Waals surface area contributed by atoms with Gasteiger partial charge in [0, 0.05) is 37.9 Å². The molecule has 2 aliphatic carbocycles. The normalized spacial score (nSPS) is 30.6. The Balaban J connectivity index is 1.43. The van der Waals surface area contributed by atoms with E-state index in [1.54, 1.807) is 0 Å². The summed E-state index contributed by atoms with van der Waals surface area (Å²) in [6, 6.07) is 2.54. The summed E-state index contributed by atoms with van der Waals surface area (Å²) in [5.41, 5.74) is 0.776. The molecule has 1 saturated heterocycles. The molecule has 138 valence electrons. The number of piperidine rings is 1. The van der Waals surface area contributed by atoms with Crippen molar-refractivity contribution in [2.45, 2.75) is 63.6 Å². The van der Waals surface area contributed by atoms with Crippen LogP contribution in [-0.4, -0.2) is 59.5 Å². The van der Waals surface area contributed by atoms with Gasteiger partial charge in [0.25, 0.3) is 5.91 Å². The van der Waals surface area contributed by atoms with Crippen LogP contribution in [0.25, 0.3) is 0 Å². The van der Waals surface area contributed by atoms with Gasteiger partial charge in [0.1, 0.15) is 5.69 Å². The lowest BCUT2D eigenvalue weighted by Gasteiger charge is -2.63. The monoisotopic (exact) mass is 346 g/mol. The van der Waals surface area contributed by atoms with E-state index < -0.39 is 0 Å². The van der Waals surface area contributed by atoms with Gasteiger partial charge in [-0.1, -0.05) is 6.42 Å².